The maximum atomic E-state index is 11.5. The molecular formula is C10H22N2O3S. The second-order valence-electron chi connectivity index (χ2n) is 4.63. The van der Waals surface area contributed by atoms with Crippen molar-refractivity contribution in [1.82, 2.24) is 4.90 Å². The zero-order valence-electron chi connectivity index (χ0n) is 10.2. The molecule has 1 aliphatic rings. The number of nitrogens with zero attached hydrogens (tertiary/aromatic N) is 1. The number of hydrogen-bond donors (Lipinski definition) is 1. The van der Waals surface area contributed by atoms with Crippen molar-refractivity contribution < 1.29 is 13.2 Å². The lowest BCUT2D eigenvalue weighted by Gasteiger charge is -2.33. The van der Waals surface area contributed by atoms with Gasteiger partial charge in [-0.2, -0.15) is 0 Å². The number of methoxy groups -OCH3 is 1. The molecule has 0 aromatic carbocycles. The molecule has 16 heavy (non-hydrogen) atoms. The molecule has 2 atom stereocenters. The zero-order valence-corrected chi connectivity index (χ0v) is 11.0. The van der Waals surface area contributed by atoms with E-state index in [-0.39, 0.29) is 29.6 Å². The Morgan fingerprint density at radius 2 is 2.06 bits per heavy atom. The summed E-state index contributed by atoms with van der Waals surface area (Å²) < 4.78 is 28.1. The number of nitrogens with two attached hydrogens (primary N) is 1. The highest BCUT2D eigenvalue weighted by Crippen LogP contribution is 2.19. The van der Waals surface area contributed by atoms with Crippen molar-refractivity contribution in [1.29, 1.82) is 0 Å². The van der Waals surface area contributed by atoms with E-state index in [0.717, 1.165) is 6.54 Å². The molecule has 0 radical (unpaired) electrons. The van der Waals surface area contributed by atoms with Crippen LogP contribution in [-0.2, 0) is 14.6 Å². The van der Waals surface area contributed by atoms with Crippen LogP contribution in [0.1, 0.15) is 13.8 Å². The van der Waals surface area contributed by atoms with Crippen molar-refractivity contribution in [3.05, 3.63) is 0 Å². The summed E-state index contributed by atoms with van der Waals surface area (Å²) in [5, 5.41) is 0. The van der Waals surface area contributed by atoms with E-state index in [1.54, 1.807) is 7.11 Å². The first-order chi connectivity index (χ1) is 7.37. The van der Waals surface area contributed by atoms with Gasteiger partial charge in [-0.15, -0.1) is 0 Å². The van der Waals surface area contributed by atoms with E-state index in [4.69, 9.17) is 10.5 Å². The van der Waals surface area contributed by atoms with E-state index in [2.05, 4.69) is 4.90 Å². The van der Waals surface area contributed by atoms with Crippen molar-refractivity contribution in [3.8, 4) is 0 Å². The Morgan fingerprint density at radius 1 is 1.44 bits per heavy atom. The predicted octanol–water partition coefficient (Wildman–Crippen LogP) is -0.532. The van der Waals surface area contributed by atoms with Crippen LogP contribution in [0.4, 0.5) is 0 Å². The molecule has 6 heteroatoms. The Bertz CT molecular complexity index is 316. The van der Waals surface area contributed by atoms with Gasteiger partial charge in [-0.3, -0.25) is 4.90 Å². The van der Waals surface area contributed by atoms with E-state index in [0.29, 0.717) is 6.61 Å². The van der Waals surface area contributed by atoms with Gasteiger partial charge in [0.25, 0.3) is 0 Å². The minimum Gasteiger partial charge on any atom is -0.383 e. The van der Waals surface area contributed by atoms with E-state index >= 15 is 0 Å². The fraction of sp³-hybridized carbons (Fsp3) is 1.00. The molecule has 1 saturated heterocycles. The number of hydrogen-bond acceptors (Lipinski definition) is 5. The van der Waals surface area contributed by atoms with Crippen molar-refractivity contribution in [2.75, 3.05) is 31.8 Å². The summed E-state index contributed by atoms with van der Waals surface area (Å²) in [7, 11) is -1.31. The first-order valence-corrected chi connectivity index (χ1v) is 7.40. The van der Waals surface area contributed by atoms with Gasteiger partial charge in [-0.25, -0.2) is 8.42 Å². The van der Waals surface area contributed by atoms with Crippen LogP contribution in [0.5, 0.6) is 0 Å². The molecule has 2 N–H and O–H groups in total. The molecule has 1 aliphatic heterocycles. The number of ether oxygens (including phenoxy) is 1. The third-order valence-corrected chi connectivity index (χ3v) is 4.75. The second-order valence-corrected chi connectivity index (χ2v) is 6.79. The maximum Gasteiger partial charge on any atom is 0.153 e. The Hall–Kier alpha value is -0.170. The minimum absolute atomic E-state index is 0.0693. The monoisotopic (exact) mass is 250 g/mol. The van der Waals surface area contributed by atoms with Gasteiger partial charge in [-0.1, -0.05) is 0 Å². The summed E-state index contributed by atoms with van der Waals surface area (Å²) in [5.74, 6) is 0.282. The average molecular weight is 250 g/mol. The summed E-state index contributed by atoms with van der Waals surface area (Å²) in [4.78, 5) is 2.12. The molecule has 5 nitrogen and oxygen atoms in total. The normalized spacial score (nSPS) is 29.1. The van der Waals surface area contributed by atoms with Gasteiger partial charge in [-0.05, 0) is 13.8 Å². The lowest BCUT2D eigenvalue weighted by Crippen LogP contribution is -2.51. The molecule has 0 amide bonds. The van der Waals surface area contributed by atoms with Crippen LogP contribution in [0.3, 0.4) is 0 Å². The summed E-state index contributed by atoms with van der Waals surface area (Å²) in [6.07, 6.45) is 0. The fourth-order valence-corrected chi connectivity index (χ4v) is 4.11. The van der Waals surface area contributed by atoms with Gasteiger partial charge >= 0.3 is 0 Å². The van der Waals surface area contributed by atoms with Gasteiger partial charge in [0.05, 0.1) is 18.1 Å². The molecule has 0 spiro atoms. The average Bonchev–Trinajstić information content (AvgIpc) is 2.40. The lowest BCUT2D eigenvalue weighted by atomic mass is 10.1. The van der Waals surface area contributed by atoms with Gasteiger partial charge < -0.3 is 10.5 Å². The van der Waals surface area contributed by atoms with Crippen LogP contribution in [-0.4, -0.2) is 63.2 Å². The molecule has 1 rings (SSSR count). The van der Waals surface area contributed by atoms with Crippen LogP contribution in [0.25, 0.3) is 0 Å². The Labute approximate surface area is 97.9 Å². The summed E-state index contributed by atoms with van der Waals surface area (Å²) in [5.41, 5.74) is 5.90. The number of sulfone groups is 1. The lowest BCUT2D eigenvalue weighted by molar-refractivity contribution is 0.0982. The molecule has 0 aliphatic carbocycles. The van der Waals surface area contributed by atoms with E-state index < -0.39 is 9.84 Å². The molecule has 2 unspecified atom stereocenters. The highest BCUT2D eigenvalue weighted by Gasteiger charge is 2.39. The molecule has 0 saturated carbocycles. The second kappa shape index (κ2) is 5.44. The van der Waals surface area contributed by atoms with Crippen LogP contribution in [0.2, 0.25) is 0 Å². The van der Waals surface area contributed by atoms with Crippen LogP contribution < -0.4 is 5.73 Å². The minimum atomic E-state index is -2.96. The van der Waals surface area contributed by atoms with E-state index in [1.807, 2.05) is 13.8 Å². The molecule has 0 bridgehead atoms. The van der Waals surface area contributed by atoms with Gasteiger partial charge in [0.2, 0.25) is 0 Å². The Kier molecular flexibility index (Phi) is 4.73. The van der Waals surface area contributed by atoms with Crippen molar-refractivity contribution in [2.24, 2.45) is 5.73 Å². The predicted molar refractivity (Wildman–Crippen MR) is 64.1 cm³/mol. The van der Waals surface area contributed by atoms with Crippen molar-refractivity contribution >= 4 is 9.84 Å². The van der Waals surface area contributed by atoms with Crippen molar-refractivity contribution in [2.45, 2.75) is 32.0 Å². The first-order valence-electron chi connectivity index (χ1n) is 5.58. The zero-order chi connectivity index (χ0) is 12.3. The quantitative estimate of drug-likeness (QED) is 0.710. The van der Waals surface area contributed by atoms with Gasteiger partial charge in [0, 0.05) is 31.8 Å². The molecule has 96 valence electrons. The van der Waals surface area contributed by atoms with E-state index in [9.17, 15) is 8.42 Å². The first kappa shape index (κ1) is 13.9. The Balaban J connectivity index is 2.71. The standard InChI is InChI=1S/C10H22N2O3S/c1-8(2)12(4-5-15-3)10-7-16(13,14)6-9(10)11/h8-10H,4-7,11H2,1-3H3. The summed E-state index contributed by atoms with van der Waals surface area (Å²) in [6.45, 7) is 5.42. The Morgan fingerprint density at radius 3 is 2.44 bits per heavy atom. The van der Waals surface area contributed by atoms with E-state index in [1.165, 1.54) is 0 Å². The summed E-state index contributed by atoms with van der Waals surface area (Å²) >= 11 is 0. The van der Waals surface area contributed by atoms with Crippen LogP contribution >= 0.6 is 0 Å². The highest BCUT2D eigenvalue weighted by molar-refractivity contribution is 7.91. The molecule has 0 aromatic heterocycles. The van der Waals surface area contributed by atoms with Gasteiger partial charge in [0.1, 0.15) is 0 Å². The van der Waals surface area contributed by atoms with Crippen molar-refractivity contribution in [3.63, 3.8) is 0 Å². The van der Waals surface area contributed by atoms with Crippen LogP contribution in [0, 0.1) is 0 Å². The van der Waals surface area contributed by atoms with Gasteiger partial charge in [0.15, 0.2) is 9.84 Å². The molecular weight excluding hydrogens is 228 g/mol. The third-order valence-electron chi connectivity index (χ3n) is 3.01. The largest absolute Gasteiger partial charge is 0.383 e. The third kappa shape index (κ3) is 3.41. The highest BCUT2D eigenvalue weighted by atomic mass is 32.2. The molecule has 1 heterocycles. The molecule has 1 fully saturated rings. The topological polar surface area (TPSA) is 72.6 Å². The fourth-order valence-electron chi connectivity index (χ4n) is 2.20. The maximum absolute atomic E-state index is 11.5. The smallest absolute Gasteiger partial charge is 0.153 e. The van der Waals surface area contributed by atoms with Crippen LogP contribution in [0.15, 0.2) is 0 Å². The molecule has 0 aromatic rings. The summed E-state index contributed by atoms with van der Waals surface area (Å²) in [6, 6.07) is -0.0658. The number of rotatable bonds is 5. The SMILES string of the molecule is COCCN(C(C)C)C1CS(=O)(=O)CC1N.